The zero-order chi connectivity index (χ0) is 20.3. The van der Waals surface area contributed by atoms with Crippen molar-refractivity contribution in [1.29, 1.82) is 0 Å². The molecule has 0 bridgehead atoms. The van der Waals surface area contributed by atoms with Crippen molar-refractivity contribution in [2.24, 2.45) is 11.0 Å². The van der Waals surface area contributed by atoms with E-state index in [1.165, 1.54) is 5.01 Å². The Kier molecular flexibility index (Phi) is 6.11. The molecular weight excluding hydrogens is 356 g/mol. The van der Waals surface area contributed by atoms with Gasteiger partial charge in [-0.05, 0) is 50.8 Å². The third-order valence-electron chi connectivity index (χ3n) is 5.30. The van der Waals surface area contributed by atoms with Gasteiger partial charge in [0.1, 0.15) is 5.71 Å². The van der Waals surface area contributed by atoms with Crippen LogP contribution in [-0.4, -0.2) is 48.0 Å². The maximum absolute atomic E-state index is 13.0. The highest BCUT2D eigenvalue weighted by Gasteiger charge is 2.33. The molecule has 0 aliphatic carbocycles. The van der Waals surface area contributed by atoms with E-state index in [1.807, 2.05) is 39.0 Å². The van der Waals surface area contributed by atoms with Crippen molar-refractivity contribution >= 4 is 29.1 Å². The number of hydrazone groups is 1. The molecule has 150 valence electrons. The second-order valence-electron chi connectivity index (χ2n) is 7.53. The minimum atomic E-state index is -0.182. The molecule has 3 amide bonds. The number of nitrogens with one attached hydrogen (secondary N) is 1. The van der Waals surface area contributed by atoms with Crippen molar-refractivity contribution in [2.45, 2.75) is 46.5 Å². The van der Waals surface area contributed by atoms with Crippen LogP contribution in [0, 0.1) is 19.8 Å². The largest absolute Gasteiger partial charge is 0.356 e. The number of hydrogen-bond acceptors (Lipinski definition) is 4. The van der Waals surface area contributed by atoms with Gasteiger partial charge in [-0.1, -0.05) is 12.1 Å². The smallest absolute Gasteiger partial charge is 0.270 e. The van der Waals surface area contributed by atoms with E-state index in [9.17, 15) is 14.4 Å². The van der Waals surface area contributed by atoms with E-state index >= 15 is 0 Å². The van der Waals surface area contributed by atoms with Gasteiger partial charge in [-0.15, -0.1) is 0 Å². The molecule has 0 spiro atoms. The van der Waals surface area contributed by atoms with Gasteiger partial charge in [-0.3, -0.25) is 14.4 Å². The highest BCUT2D eigenvalue weighted by atomic mass is 16.2. The Bertz CT molecular complexity index is 818. The average Bonchev–Trinajstić information content (AvgIpc) is 2.70. The second-order valence-corrected chi connectivity index (χ2v) is 7.53. The first kappa shape index (κ1) is 20.0. The summed E-state index contributed by atoms with van der Waals surface area (Å²) >= 11 is 0. The average molecular weight is 384 g/mol. The van der Waals surface area contributed by atoms with Crippen LogP contribution >= 0.6 is 0 Å². The molecule has 1 aromatic rings. The molecule has 2 heterocycles. The number of nitrogens with zero attached hydrogens (tertiary/aromatic N) is 3. The molecule has 0 radical (unpaired) electrons. The van der Waals surface area contributed by atoms with Crippen LogP contribution in [0.1, 0.15) is 43.7 Å². The number of benzene rings is 1. The second kappa shape index (κ2) is 8.54. The van der Waals surface area contributed by atoms with E-state index in [1.54, 1.807) is 4.90 Å². The van der Waals surface area contributed by atoms with Crippen molar-refractivity contribution < 1.29 is 14.4 Å². The number of aryl methyl sites for hydroxylation is 2. The van der Waals surface area contributed by atoms with Crippen LogP contribution in [0.5, 0.6) is 0 Å². The van der Waals surface area contributed by atoms with Gasteiger partial charge >= 0.3 is 0 Å². The number of carbonyl (C=O) groups is 3. The number of carbonyl (C=O) groups excluding carboxylic acids is 3. The van der Waals surface area contributed by atoms with Crippen LogP contribution in [0.15, 0.2) is 23.3 Å². The molecule has 0 saturated carbocycles. The van der Waals surface area contributed by atoms with E-state index in [2.05, 4.69) is 10.4 Å². The monoisotopic (exact) mass is 384 g/mol. The molecule has 2 aliphatic heterocycles. The van der Waals surface area contributed by atoms with Crippen LogP contribution in [0.4, 0.5) is 5.69 Å². The van der Waals surface area contributed by atoms with Crippen LogP contribution in [0.2, 0.25) is 0 Å². The fraction of sp³-hybridized carbons (Fsp3) is 0.524. The van der Waals surface area contributed by atoms with Gasteiger partial charge in [0, 0.05) is 32.5 Å². The summed E-state index contributed by atoms with van der Waals surface area (Å²) in [4.78, 5) is 39.4. The molecule has 7 heteroatoms. The maximum Gasteiger partial charge on any atom is 0.270 e. The summed E-state index contributed by atoms with van der Waals surface area (Å²) < 4.78 is 0. The van der Waals surface area contributed by atoms with E-state index in [4.69, 9.17) is 0 Å². The van der Waals surface area contributed by atoms with Crippen molar-refractivity contribution in [2.75, 3.05) is 24.6 Å². The van der Waals surface area contributed by atoms with Crippen molar-refractivity contribution in [3.63, 3.8) is 0 Å². The summed E-state index contributed by atoms with van der Waals surface area (Å²) in [6.45, 7) is 7.38. The Morgan fingerprint density at radius 3 is 2.79 bits per heavy atom. The Balaban J connectivity index is 1.80. The van der Waals surface area contributed by atoms with Gasteiger partial charge in [0.25, 0.3) is 5.91 Å². The summed E-state index contributed by atoms with van der Waals surface area (Å²) in [5.74, 6) is -0.461. The summed E-state index contributed by atoms with van der Waals surface area (Å²) in [5.41, 5.74) is 3.07. The molecule has 0 aromatic heterocycles. The predicted molar refractivity (Wildman–Crippen MR) is 108 cm³/mol. The van der Waals surface area contributed by atoms with Crippen LogP contribution < -0.4 is 10.3 Å². The standard InChI is InChI=1S/C21H28N4O3/c1-4-22-20(27)16-6-5-11-24(13-16)21(28)17-9-10-19(26)25(23-17)18-12-14(2)7-8-15(18)3/h7-8,12,16H,4-6,9-11,13H2,1-3H3,(H,22,27). The van der Waals surface area contributed by atoms with Crippen molar-refractivity contribution in [3.05, 3.63) is 29.3 Å². The Labute approximate surface area is 165 Å². The Morgan fingerprint density at radius 1 is 1.25 bits per heavy atom. The number of anilines is 1. The first-order chi connectivity index (χ1) is 13.4. The Hall–Kier alpha value is -2.70. The lowest BCUT2D eigenvalue weighted by Crippen LogP contribution is -2.48. The van der Waals surface area contributed by atoms with Crippen LogP contribution in [-0.2, 0) is 14.4 Å². The summed E-state index contributed by atoms with van der Waals surface area (Å²) in [5, 5.41) is 8.63. The SMILES string of the molecule is CCNC(=O)C1CCCN(C(=O)C2=NN(c3cc(C)ccc3C)C(=O)CC2)C1. The van der Waals surface area contributed by atoms with E-state index in [0.29, 0.717) is 37.5 Å². The number of likely N-dealkylation sites (tertiary alicyclic amines) is 1. The number of amides is 3. The Morgan fingerprint density at radius 2 is 2.04 bits per heavy atom. The van der Waals surface area contributed by atoms with Gasteiger partial charge in [0.15, 0.2) is 0 Å². The molecule has 1 N–H and O–H groups in total. The van der Waals surface area contributed by atoms with Gasteiger partial charge < -0.3 is 10.2 Å². The lowest BCUT2D eigenvalue weighted by Gasteiger charge is -2.33. The zero-order valence-corrected chi connectivity index (χ0v) is 16.8. The fourth-order valence-corrected chi connectivity index (χ4v) is 3.72. The normalized spacial score (nSPS) is 20.0. The van der Waals surface area contributed by atoms with E-state index in [0.717, 1.165) is 24.0 Å². The number of piperidine rings is 1. The van der Waals surface area contributed by atoms with Gasteiger partial charge in [0.2, 0.25) is 11.8 Å². The molecule has 3 rings (SSSR count). The number of rotatable bonds is 4. The van der Waals surface area contributed by atoms with Gasteiger partial charge in [-0.25, -0.2) is 5.01 Å². The lowest BCUT2D eigenvalue weighted by atomic mass is 9.96. The quantitative estimate of drug-likeness (QED) is 0.864. The van der Waals surface area contributed by atoms with Gasteiger partial charge in [-0.2, -0.15) is 5.10 Å². The van der Waals surface area contributed by atoms with E-state index in [-0.39, 0.29) is 30.1 Å². The topological polar surface area (TPSA) is 82.1 Å². The summed E-state index contributed by atoms with van der Waals surface area (Å²) in [7, 11) is 0. The minimum Gasteiger partial charge on any atom is -0.356 e. The molecule has 1 unspecified atom stereocenters. The van der Waals surface area contributed by atoms with Crippen molar-refractivity contribution in [1.82, 2.24) is 10.2 Å². The minimum absolute atomic E-state index is 0.00206. The zero-order valence-electron chi connectivity index (χ0n) is 16.8. The molecule has 2 aliphatic rings. The first-order valence-corrected chi connectivity index (χ1v) is 9.95. The molecule has 28 heavy (non-hydrogen) atoms. The fourth-order valence-electron chi connectivity index (χ4n) is 3.72. The van der Waals surface area contributed by atoms with Crippen molar-refractivity contribution in [3.8, 4) is 0 Å². The molecule has 1 fully saturated rings. The molecule has 1 aromatic carbocycles. The highest BCUT2D eigenvalue weighted by Crippen LogP contribution is 2.26. The maximum atomic E-state index is 13.0. The summed E-state index contributed by atoms with van der Waals surface area (Å²) in [6, 6.07) is 5.85. The third-order valence-corrected chi connectivity index (χ3v) is 5.30. The number of hydrogen-bond donors (Lipinski definition) is 1. The molecular formula is C21H28N4O3. The third kappa shape index (κ3) is 4.24. The molecule has 1 atom stereocenters. The van der Waals surface area contributed by atoms with Crippen LogP contribution in [0.3, 0.4) is 0 Å². The predicted octanol–water partition coefficient (Wildman–Crippen LogP) is 2.16. The first-order valence-electron chi connectivity index (χ1n) is 9.95. The highest BCUT2D eigenvalue weighted by molar-refractivity contribution is 6.40. The molecule has 7 nitrogen and oxygen atoms in total. The molecule has 1 saturated heterocycles. The van der Waals surface area contributed by atoms with Crippen LogP contribution in [0.25, 0.3) is 0 Å². The van der Waals surface area contributed by atoms with Gasteiger partial charge in [0.05, 0.1) is 11.6 Å². The lowest BCUT2D eigenvalue weighted by molar-refractivity contribution is -0.131. The van der Waals surface area contributed by atoms with E-state index < -0.39 is 0 Å². The summed E-state index contributed by atoms with van der Waals surface area (Å²) in [6.07, 6.45) is 2.17.